The highest BCUT2D eigenvalue weighted by atomic mass is 16.5. The quantitative estimate of drug-likeness (QED) is 0.702. The van der Waals surface area contributed by atoms with Gasteiger partial charge in [-0.05, 0) is 12.8 Å². The van der Waals surface area contributed by atoms with Gasteiger partial charge in [0.2, 0.25) is 0 Å². The molecule has 1 heterocycles. The van der Waals surface area contributed by atoms with Crippen LogP contribution in [0.5, 0.6) is 0 Å². The number of hydrogen-bond donors (Lipinski definition) is 1. The minimum absolute atomic E-state index is 0.00262. The van der Waals surface area contributed by atoms with Gasteiger partial charge in [-0.3, -0.25) is 0 Å². The second-order valence-electron chi connectivity index (χ2n) is 3.68. The third-order valence-corrected chi connectivity index (χ3v) is 2.24. The highest BCUT2D eigenvalue weighted by molar-refractivity contribution is 4.54. The van der Waals surface area contributed by atoms with Gasteiger partial charge in [0.15, 0.2) is 0 Å². The van der Waals surface area contributed by atoms with E-state index in [1.807, 2.05) is 0 Å². The molecule has 0 saturated carbocycles. The van der Waals surface area contributed by atoms with Crippen molar-refractivity contribution >= 4 is 0 Å². The number of aliphatic hydroxyl groups is 1. The Hall–Kier alpha value is -0.200. The topological polar surface area (TPSA) is 57.2 Å². The van der Waals surface area contributed by atoms with E-state index < -0.39 is 0 Å². The summed E-state index contributed by atoms with van der Waals surface area (Å²) in [6.45, 7) is 4.30. The van der Waals surface area contributed by atoms with Crippen molar-refractivity contribution in [3.05, 3.63) is 0 Å². The zero-order valence-corrected chi connectivity index (χ0v) is 9.73. The van der Waals surface area contributed by atoms with E-state index in [9.17, 15) is 0 Å². The highest BCUT2D eigenvalue weighted by Gasteiger charge is 2.07. The molecular weight excluding hydrogens is 212 g/mol. The smallest absolute Gasteiger partial charge is 0.104 e. The summed E-state index contributed by atoms with van der Waals surface area (Å²) in [5.41, 5.74) is 0. The van der Waals surface area contributed by atoms with Crippen LogP contribution in [0, 0.1) is 0 Å². The number of aliphatic hydroxyl groups excluding tert-OH is 1. The van der Waals surface area contributed by atoms with Crippen LogP contribution in [-0.4, -0.2) is 64.1 Å². The first kappa shape index (κ1) is 13.9. The van der Waals surface area contributed by atoms with Crippen LogP contribution in [-0.2, 0) is 18.9 Å². The van der Waals surface area contributed by atoms with E-state index in [-0.39, 0.29) is 12.7 Å². The van der Waals surface area contributed by atoms with Crippen LogP contribution in [0.2, 0.25) is 0 Å². The second-order valence-corrected chi connectivity index (χ2v) is 3.68. The van der Waals surface area contributed by atoms with Crippen LogP contribution >= 0.6 is 0 Å². The van der Waals surface area contributed by atoms with Gasteiger partial charge in [-0.2, -0.15) is 0 Å². The average molecular weight is 234 g/mol. The summed E-state index contributed by atoms with van der Waals surface area (Å²) < 4.78 is 21.5. The molecular formula is C11H22O5. The minimum Gasteiger partial charge on any atom is -0.394 e. The molecule has 1 rings (SSSR count). The number of ether oxygens (including phenoxy) is 4. The lowest BCUT2D eigenvalue weighted by Gasteiger charge is -2.16. The molecule has 0 radical (unpaired) electrons. The van der Waals surface area contributed by atoms with Crippen molar-refractivity contribution in [2.75, 3.05) is 52.9 Å². The molecule has 1 N–H and O–H groups in total. The molecule has 1 unspecified atom stereocenters. The Morgan fingerprint density at radius 2 is 1.44 bits per heavy atom. The van der Waals surface area contributed by atoms with Crippen molar-refractivity contribution in [1.82, 2.24) is 0 Å². The Balaban J connectivity index is 2.16. The molecule has 0 aromatic heterocycles. The van der Waals surface area contributed by atoms with Crippen molar-refractivity contribution < 1.29 is 24.1 Å². The normalized spacial score (nSPS) is 27.2. The largest absolute Gasteiger partial charge is 0.394 e. The molecule has 1 aliphatic rings. The van der Waals surface area contributed by atoms with E-state index in [0.717, 1.165) is 12.8 Å². The Bertz CT molecular complexity index is 139. The summed E-state index contributed by atoms with van der Waals surface area (Å²) in [5, 5.41) is 9.04. The molecule has 5 heteroatoms. The summed E-state index contributed by atoms with van der Waals surface area (Å²) in [5.74, 6) is 0. The van der Waals surface area contributed by atoms with Crippen LogP contribution in [0.1, 0.15) is 12.8 Å². The molecule has 0 aromatic carbocycles. The fraction of sp³-hybridized carbons (Fsp3) is 1.00. The first-order valence-corrected chi connectivity index (χ1v) is 5.89. The van der Waals surface area contributed by atoms with E-state index in [1.54, 1.807) is 0 Å². The number of rotatable bonds is 1. The highest BCUT2D eigenvalue weighted by Crippen LogP contribution is 1.97. The summed E-state index contributed by atoms with van der Waals surface area (Å²) in [6.07, 6.45) is 1.47. The fourth-order valence-electron chi connectivity index (χ4n) is 1.36. The third-order valence-electron chi connectivity index (χ3n) is 2.24. The van der Waals surface area contributed by atoms with Crippen LogP contribution in [0.3, 0.4) is 0 Å². The first-order chi connectivity index (χ1) is 7.93. The van der Waals surface area contributed by atoms with Gasteiger partial charge < -0.3 is 24.1 Å². The lowest BCUT2D eigenvalue weighted by molar-refractivity contribution is -0.0555. The van der Waals surface area contributed by atoms with Gasteiger partial charge in [-0.1, -0.05) is 0 Å². The summed E-state index contributed by atoms with van der Waals surface area (Å²) in [7, 11) is 0. The molecule has 1 saturated heterocycles. The van der Waals surface area contributed by atoms with Crippen LogP contribution in [0.25, 0.3) is 0 Å². The Kier molecular flexibility index (Phi) is 8.65. The summed E-state index contributed by atoms with van der Waals surface area (Å²) in [4.78, 5) is 0. The van der Waals surface area contributed by atoms with E-state index in [4.69, 9.17) is 24.1 Å². The maximum absolute atomic E-state index is 9.04. The molecule has 5 nitrogen and oxygen atoms in total. The van der Waals surface area contributed by atoms with Gasteiger partial charge in [0, 0.05) is 26.4 Å². The molecule has 1 fully saturated rings. The van der Waals surface area contributed by atoms with Gasteiger partial charge in [0.1, 0.15) is 6.10 Å². The van der Waals surface area contributed by atoms with Gasteiger partial charge in [0.05, 0.1) is 26.4 Å². The van der Waals surface area contributed by atoms with Gasteiger partial charge >= 0.3 is 0 Å². The van der Waals surface area contributed by atoms with E-state index in [2.05, 4.69) is 0 Å². The molecule has 0 bridgehead atoms. The molecule has 1 aliphatic heterocycles. The minimum atomic E-state index is -0.219. The Labute approximate surface area is 96.6 Å². The van der Waals surface area contributed by atoms with Crippen LogP contribution in [0.4, 0.5) is 0 Å². The van der Waals surface area contributed by atoms with Crippen molar-refractivity contribution in [2.45, 2.75) is 18.9 Å². The van der Waals surface area contributed by atoms with Crippen LogP contribution < -0.4 is 0 Å². The zero-order valence-electron chi connectivity index (χ0n) is 9.73. The van der Waals surface area contributed by atoms with E-state index in [1.165, 1.54) is 0 Å². The summed E-state index contributed by atoms with van der Waals surface area (Å²) in [6, 6.07) is 0. The lowest BCUT2D eigenvalue weighted by atomic mass is 10.4. The fourth-order valence-corrected chi connectivity index (χ4v) is 1.36. The standard InChI is InChI=1S/C11H22O5/c12-9-11-10-15-5-1-3-13-7-8-14-4-2-6-16-11/h11-12H,1-10H2. The third kappa shape index (κ3) is 7.14. The average Bonchev–Trinajstić information content (AvgIpc) is 2.32. The van der Waals surface area contributed by atoms with Crippen molar-refractivity contribution in [3.63, 3.8) is 0 Å². The maximum atomic E-state index is 9.04. The predicted octanol–water partition coefficient (Wildman–Crippen LogP) is 0.208. The monoisotopic (exact) mass is 234 g/mol. The van der Waals surface area contributed by atoms with Crippen LogP contribution in [0.15, 0.2) is 0 Å². The predicted molar refractivity (Wildman–Crippen MR) is 58.5 cm³/mol. The van der Waals surface area contributed by atoms with E-state index >= 15 is 0 Å². The SMILES string of the molecule is OCC1COCCCOCCOCCCO1. The van der Waals surface area contributed by atoms with Gasteiger partial charge in [-0.25, -0.2) is 0 Å². The maximum Gasteiger partial charge on any atom is 0.104 e. The van der Waals surface area contributed by atoms with Crippen molar-refractivity contribution in [1.29, 1.82) is 0 Å². The van der Waals surface area contributed by atoms with E-state index in [0.29, 0.717) is 46.2 Å². The summed E-state index contributed by atoms with van der Waals surface area (Å²) >= 11 is 0. The molecule has 0 aromatic rings. The zero-order chi connectivity index (χ0) is 11.5. The molecule has 0 spiro atoms. The van der Waals surface area contributed by atoms with Crippen molar-refractivity contribution in [3.8, 4) is 0 Å². The molecule has 16 heavy (non-hydrogen) atoms. The van der Waals surface area contributed by atoms with Crippen molar-refractivity contribution in [2.24, 2.45) is 0 Å². The second kappa shape index (κ2) is 9.99. The molecule has 0 amide bonds. The van der Waals surface area contributed by atoms with Gasteiger partial charge in [-0.15, -0.1) is 0 Å². The Morgan fingerprint density at radius 1 is 0.812 bits per heavy atom. The Morgan fingerprint density at radius 3 is 2.12 bits per heavy atom. The molecule has 0 aliphatic carbocycles. The molecule has 96 valence electrons. The van der Waals surface area contributed by atoms with Gasteiger partial charge in [0.25, 0.3) is 0 Å². The molecule has 1 atom stereocenters. The first-order valence-electron chi connectivity index (χ1n) is 5.89. The number of hydrogen-bond acceptors (Lipinski definition) is 5. The lowest BCUT2D eigenvalue weighted by Crippen LogP contribution is -2.25.